The number of amides is 2. The third kappa shape index (κ3) is 4.41. The number of benzene rings is 2. The fourth-order valence-electron chi connectivity index (χ4n) is 2.35. The van der Waals surface area contributed by atoms with Gasteiger partial charge in [-0.3, -0.25) is 9.59 Å². The molecule has 0 saturated carbocycles. The van der Waals surface area contributed by atoms with Crippen molar-refractivity contribution in [3.8, 4) is 17.2 Å². The molecule has 2 amide bonds. The van der Waals surface area contributed by atoms with Crippen LogP contribution in [0.2, 0.25) is 0 Å². The highest BCUT2D eigenvalue weighted by Gasteiger charge is 2.15. The average Bonchev–Trinajstić information content (AvgIpc) is 2.61. The zero-order valence-corrected chi connectivity index (χ0v) is 14.3. The number of primary amides is 1. The molecular formula is C18H20N2O5. The molecule has 7 heteroatoms. The summed E-state index contributed by atoms with van der Waals surface area (Å²) in [5, 5.41) is 2.76. The Labute approximate surface area is 145 Å². The number of carbonyl (C=O) groups is 2. The van der Waals surface area contributed by atoms with Crippen LogP contribution in [0.25, 0.3) is 0 Å². The van der Waals surface area contributed by atoms with Crippen molar-refractivity contribution in [2.24, 2.45) is 5.73 Å². The molecule has 3 N–H and O–H groups in total. The maximum absolute atomic E-state index is 12.2. The van der Waals surface area contributed by atoms with Crippen molar-refractivity contribution in [1.82, 2.24) is 0 Å². The summed E-state index contributed by atoms with van der Waals surface area (Å²) in [6.07, 6.45) is 0.119. The van der Waals surface area contributed by atoms with E-state index < -0.39 is 5.91 Å². The fraction of sp³-hybridized carbons (Fsp3) is 0.222. The van der Waals surface area contributed by atoms with Crippen molar-refractivity contribution >= 4 is 17.5 Å². The predicted molar refractivity (Wildman–Crippen MR) is 93.4 cm³/mol. The Morgan fingerprint density at radius 2 is 1.52 bits per heavy atom. The highest BCUT2D eigenvalue weighted by molar-refractivity contribution is 5.95. The standard InChI is InChI=1S/C18H20N2O5/c1-23-14-8-11(9-15(24-2)17(14)25-3)10-16(21)20-13-6-4-12(5-7-13)18(19)22/h4-9H,10H2,1-3H3,(H2,19,22)(H,20,21). The fourth-order valence-corrected chi connectivity index (χ4v) is 2.35. The third-order valence-corrected chi connectivity index (χ3v) is 3.54. The lowest BCUT2D eigenvalue weighted by Gasteiger charge is -2.14. The minimum absolute atomic E-state index is 0.119. The highest BCUT2D eigenvalue weighted by atomic mass is 16.5. The van der Waals surface area contributed by atoms with Crippen LogP contribution in [0, 0.1) is 0 Å². The number of ether oxygens (including phenoxy) is 3. The number of hydrogen-bond acceptors (Lipinski definition) is 5. The summed E-state index contributed by atoms with van der Waals surface area (Å²) >= 11 is 0. The maximum atomic E-state index is 12.2. The number of nitrogens with one attached hydrogen (secondary N) is 1. The molecule has 0 spiro atoms. The van der Waals surface area contributed by atoms with Crippen molar-refractivity contribution in [1.29, 1.82) is 0 Å². The summed E-state index contributed by atoms with van der Waals surface area (Å²) in [4.78, 5) is 23.3. The van der Waals surface area contributed by atoms with E-state index in [0.717, 1.165) is 0 Å². The van der Waals surface area contributed by atoms with Crippen LogP contribution in [0.3, 0.4) is 0 Å². The first-order valence-electron chi connectivity index (χ1n) is 7.47. The Kier molecular flexibility index (Phi) is 5.84. The Morgan fingerprint density at radius 3 is 1.96 bits per heavy atom. The summed E-state index contributed by atoms with van der Waals surface area (Å²) < 4.78 is 15.8. The Hall–Kier alpha value is -3.22. The third-order valence-electron chi connectivity index (χ3n) is 3.54. The smallest absolute Gasteiger partial charge is 0.248 e. The van der Waals surface area contributed by atoms with Gasteiger partial charge < -0.3 is 25.3 Å². The lowest BCUT2D eigenvalue weighted by atomic mass is 10.1. The molecule has 0 aromatic heterocycles. The van der Waals surface area contributed by atoms with Crippen molar-refractivity contribution in [2.45, 2.75) is 6.42 Å². The van der Waals surface area contributed by atoms with Gasteiger partial charge in [-0.15, -0.1) is 0 Å². The molecular weight excluding hydrogens is 324 g/mol. The first-order valence-corrected chi connectivity index (χ1v) is 7.47. The van der Waals surface area contributed by atoms with E-state index in [-0.39, 0.29) is 12.3 Å². The summed E-state index contributed by atoms with van der Waals surface area (Å²) in [6.45, 7) is 0. The molecule has 0 radical (unpaired) electrons. The molecule has 0 fully saturated rings. The molecule has 2 aromatic carbocycles. The Bertz CT molecular complexity index is 747. The SMILES string of the molecule is COc1cc(CC(=O)Nc2ccc(C(N)=O)cc2)cc(OC)c1OC. The lowest BCUT2D eigenvalue weighted by Crippen LogP contribution is -2.15. The zero-order valence-electron chi connectivity index (χ0n) is 14.3. The van der Waals surface area contributed by atoms with Crippen LogP contribution in [-0.2, 0) is 11.2 Å². The van der Waals surface area contributed by atoms with Crippen LogP contribution >= 0.6 is 0 Å². The minimum Gasteiger partial charge on any atom is -0.493 e. The van der Waals surface area contributed by atoms with Gasteiger partial charge in [-0.05, 0) is 42.0 Å². The van der Waals surface area contributed by atoms with Crippen molar-refractivity contribution in [3.05, 3.63) is 47.5 Å². The van der Waals surface area contributed by atoms with E-state index in [2.05, 4.69) is 5.32 Å². The Morgan fingerprint density at radius 1 is 0.960 bits per heavy atom. The summed E-state index contributed by atoms with van der Waals surface area (Å²) in [5.41, 5.74) is 6.84. The average molecular weight is 344 g/mol. The normalized spacial score (nSPS) is 10.0. The number of rotatable bonds is 7. The van der Waals surface area contributed by atoms with Gasteiger partial charge in [0.1, 0.15) is 0 Å². The van der Waals surface area contributed by atoms with E-state index in [9.17, 15) is 9.59 Å². The number of carbonyl (C=O) groups excluding carboxylic acids is 2. The maximum Gasteiger partial charge on any atom is 0.248 e. The molecule has 0 aliphatic heterocycles. The molecule has 7 nitrogen and oxygen atoms in total. The van der Waals surface area contributed by atoms with Gasteiger partial charge in [0, 0.05) is 11.3 Å². The molecule has 2 aromatic rings. The monoisotopic (exact) mass is 344 g/mol. The molecule has 2 rings (SSSR count). The first kappa shape index (κ1) is 18.1. The molecule has 132 valence electrons. The van der Waals surface area contributed by atoms with Crippen LogP contribution in [0.15, 0.2) is 36.4 Å². The van der Waals surface area contributed by atoms with E-state index in [0.29, 0.717) is 34.1 Å². The summed E-state index contributed by atoms with van der Waals surface area (Å²) in [7, 11) is 4.55. The summed E-state index contributed by atoms with van der Waals surface area (Å²) in [5.74, 6) is 0.693. The molecule has 25 heavy (non-hydrogen) atoms. The molecule has 0 aliphatic rings. The molecule has 0 aliphatic carbocycles. The van der Waals surface area contributed by atoms with Gasteiger partial charge in [0.05, 0.1) is 27.8 Å². The molecule has 0 heterocycles. The number of anilines is 1. The minimum atomic E-state index is -0.518. The van der Waals surface area contributed by atoms with Crippen molar-refractivity contribution in [2.75, 3.05) is 26.6 Å². The van der Waals surface area contributed by atoms with Gasteiger partial charge in [0.2, 0.25) is 17.6 Å². The largest absolute Gasteiger partial charge is 0.493 e. The zero-order chi connectivity index (χ0) is 18.4. The number of nitrogens with two attached hydrogens (primary N) is 1. The number of methoxy groups -OCH3 is 3. The van der Waals surface area contributed by atoms with Crippen LogP contribution in [0.4, 0.5) is 5.69 Å². The van der Waals surface area contributed by atoms with Crippen LogP contribution in [0.1, 0.15) is 15.9 Å². The summed E-state index contributed by atoms with van der Waals surface area (Å²) in [6, 6.07) is 9.78. The van der Waals surface area contributed by atoms with Crippen LogP contribution < -0.4 is 25.3 Å². The van der Waals surface area contributed by atoms with Gasteiger partial charge in [0.25, 0.3) is 0 Å². The van der Waals surface area contributed by atoms with Gasteiger partial charge >= 0.3 is 0 Å². The van der Waals surface area contributed by atoms with E-state index in [1.54, 1.807) is 36.4 Å². The van der Waals surface area contributed by atoms with E-state index in [1.807, 2.05) is 0 Å². The topological polar surface area (TPSA) is 99.9 Å². The van der Waals surface area contributed by atoms with Crippen LogP contribution in [0.5, 0.6) is 17.2 Å². The van der Waals surface area contributed by atoms with Crippen molar-refractivity contribution in [3.63, 3.8) is 0 Å². The van der Waals surface area contributed by atoms with Gasteiger partial charge in [0.15, 0.2) is 11.5 Å². The van der Waals surface area contributed by atoms with Gasteiger partial charge in [-0.2, -0.15) is 0 Å². The van der Waals surface area contributed by atoms with E-state index >= 15 is 0 Å². The van der Waals surface area contributed by atoms with Gasteiger partial charge in [-0.1, -0.05) is 0 Å². The first-order chi connectivity index (χ1) is 12.0. The molecule has 0 atom stereocenters. The van der Waals surface area contributed by atoms with E-state index in [4.69, 9.17) is 19.9 Å². The second kappa shape index (κ2) is 8.05. The second-order valence-electron chi connectivity index (χ2n) is 5.20. The van der Waals surface area contributed by atoms with Crippen LogP contribution in [-0.4, -0.2) is 33.1 Å². The van der Waals surface area contributed by atoms with Crippen molar-refractivity contribution < 1.29 is 23.8 Å². The second-order valence-corrected chi connectivity index (χ2v) is 5.20. The van der Waals surface area contributed by atoms with E-state index in [1.165, 1.54) is 21.3 Å². The molecule has 0 unspecified atom stereocenters. The number of hydrogen-bond donors (Lipinski definition) is 2. The quantitative estimate of drug-likeness (QED) is 0.800. The molecule has 0 saturated heterocycles. The lowest BCUT2D eigenvalue weighted by molar-refractivity contribution is -0.115. The predicted octanol–water partition coefficient (Wildman–Crippen LogP) is 1.99. The Balaban J connectivity index is 2.13. The van der Waals surface area contributed by atoms with Gasteiger partial charge in [-0.25, -0.2) is 0 Å². The molecule has 0 bridgehead atoms. The highest BCUT2D eigenvalue weighted by Crippen LogP contribution is 2.38.